The van der Waals surface area contributed by atoms with Gasteiger partial charge in [-0.3, -0.25) is 14.2 Å². The van der Waals surface area contributed by atoms with E-state index in [0.717, 1.165) is 47.2 Å². The molecule has 0 aliphatic heterocycles. The summed E-state index contributed by atoms with van der Waals surface area (Å²) in [6.07, 6.45) is 2.66. The van der Waals surface area contributed by atoms with Gasteiger partial charge in [0.25, 0.3) is 5.56 Å². The van der Waals surface area contributed by atoms with Crippen LogP contribution in [-0.4, -0.2) is 26.8 Å². The first-order valence-electron chi connectivity index (χ1n) is 9.92. The van der Waals surface area contributed by atoms with Gasteiger partial charge in [0.2, 0.25) is 5.91 Å². The first kappa shape index (κ1) is 19.9. The molecule has 1 N–H and O–H groups in total. The van der Waals surface area contributed by atoms with Gasteiger partial charge >= 0.3 is 0 Å². The van der Waals surface area contributed by atoms with E-state index in [-0.39, 0.29) is 18.0 Å². The summed E-state index contributed by atoms with van der Waals surface area (Å²) in [5.74, 6) is -0.157. The molecule has 0 atom stereocenters. The predicted octanol–water partition coefficient (Wildman–Crippen LogP) is 3.28. The molecule has 2 heterocycles. The van der Waals surface area contributed by atoms with Gasteiger partial charge in [0, 0.05) is 18.0 Å². The summed E-state index contributed by atoms with van der Waals surface area (Å²) in [6.45, 7) is 8.69. The van der Waals surface area contributed by atoms with Gasteiger partial charge < -0.3 is 5.32 Å². The van der Waals surface area contributed by atoms with Crippen molar-refractivity contribution >= 4 is 16.9 Å². The number of fused-ring (bicyclic) bond motifs is 1. The fourth-order valence-electron chi connectivity index (χ4n) is 3.45. The summed E-state index contributed by atoms with van der Waals surface area (Å²) in [7, 11) is 0. The van der Waals surface area contributed by atoms with Crippen molar-refractivity contribution in [3.05, 3.63) is 57.5 Å². The number of aryl methyl sites for hydroxylation is 3. The number of pyridine rings is 1. The standard InChI is InChI=1S/C22H28N4O2/c1-5-7-12-23-19(27)14-25-20(28)13-17(6-2)21-16(4)24-26(22(21)25)18-10-8-15(3)9-11-18/h8-11,13H,5-7,12,14H2,1-4H3,(H,23,27). The molecule has 0 radical (unpaired) electrons. The van der Waals surface area contributed by atoms with Crippen molar-refractivity contribution < 1.29 is 4.79 Å². The fraction of sp³-hybridized carbons (Fsp3) is 0.409. The topological polar surface area (TPSA) is 68.9 Å². The van der Waals surface area contributed by atoms with Crippen molar-refractivity contribution in [1.29, 1.82) is 0 Å². The van der Waals surface area contributed by atoms with Gasteiger partial charge in [-0.15, -0.1) is 0 Å². The minimum Gasteiger partial charge on any atom is -0.355 e. The van der Waals surface area contributed by atoms with Crippen LogP contribution in [0.5, 0.6) is 0 Å². The molecule has 3 aromatic rings. The molecule has 3 rings (SSSR count). The number of carbonyl (C=O) groups excluding carboxylic acids is 1. The van der Waals surface area contributed by atoms with Crippen molar-refractivity contribution in [3.8, 4) is 5.69 Å². The molecule has 1 amide bonds. The van der Waals surface area contributed by atoms with Crippen molar-refractivity contribution in [1.82, 2.24) is 19.7 Å². The summed E-state index contributed by atoms with van der Waals surface area (Å²) in [4.78, 5) is 25.3. The Hall–Kier alpha value is -2.89. The Bertz CT molecular complexity index is 1050. The number of aromatic nitrogens is 3. The second-order valence-electron chi connectivity index (χ2n) is 7.18. The minimum absolute atomic E-state index is 0.0139. The van der Waals surface area contributed by atoms with Gasteiger partial charge in [0.05, 0.1) is 11.4 Å². The average Bonchev–Trinajstić information content (AvgIpc) is 3.02. The molecule has 0 fully saturated rings. The number of carbonyl (C=O) groups is 1. The lowest BCUT2D eigenvalue weighted by Gasteiger charge is -2.13. The maximum absolute atomic E-state index is 12.9. The highest BCUT2D eigenvalue weighted by Crippen LogP contribution is 2.24. The monoisotopic (exact) mass is 380 g/mol. The predicted molar refractivity (Wildman–Crippen MR) is 112 cm³/mol. The normalized spacial score (nSPS) is 11.1. The molecule has 2 aromatic heterocycles. The van der Waals surface area contributed by atoms with Crippen LogP contribution in [-0.2, 0) is 17.8 Å². The lowest BCUT2D eigenvalue weighted by Crippen LogP contribution is -2.33. The van der Waals surface area contributed by atoms with E-state index in [1.165, 1.54) is 4.57 Å². The van der Waals surface area contributed by atoms with Crippen LogP contribution in [0.2, 0.25) is 0 Å². The molecule has 0 saturated carbocycles. The maximum atomic E-state index is 12.9. The van der Waals surface area contributed by atoms with Gasteiger partial charge in [0.1, 0.15) is 12.2 Å². The number of nitrogens with zero attached hydrogens (tertiary/aromatic N) is 3. The molecular formula is C22H28N4O2. The summed E-state index contributed by atoms with van der Waals surface area (Å²) in [6, 6.07) is 9.63. The Balaban J connectivity index is 2.17. The first-order valence-corrected chi connectivity index (χ1v) is 9.92. The SMILES string of the molecule is CCCCNC(=O)Cn1c(=O)cc(CC)c2c(C)nn(-c3ccc(C)cc3)c21. The molecule has 6 nitrogen and oxygen atoms in total. The Morgan fingerprint density at radius 1 is 1.14 bits per heavy atom. The quantitative estimate of drug-likeness (QED) is 0.640. The zero-order valence-corrected chi connectivity index (χ0v) is 17.1. The van der Waals surface area contributed by atoms with Crippen LogP contribution in [0.3, 0.4) is 0 Å². The Morgan fingerprint density at radius 2 is 1.86 bits per heavy atom. The lowest BCUT2D eigenvalue weighted by molar-refractivity contribution is -0.121. The van der Waals surface area contributed by atoms with Gasteiger partial charge in [-0.1, -0.05) is 38.0 Å². The lowest BCUT2D eigenvalue weighted by atomic mass is 10.1. The highest BCUT2D eigenvalue weighted by molar-refractivity contribution is 5.85. The van der Waals surface area contributed by atoms with Crippen LogP contribution < -0.4 is 10.9 Å². The number of rotatable bonds is 7. The van der Waals surface area contributed by atoms with Gasteiger partial charge in [-0.2, -0.15) is 5.10 Å². The minimum atomic E-state index is -0.178. The van der Waals surface area contributed by atoms with E-state index < -0.39 is 0 Å². The number of hydrogen-bond acceptors (Lipinski definition) is 3. The van der Waals surface area contributed by atoms with Crippen LogP contribution in [0.25, 0.3) is 16.7 Å². The highest BCUT2D eigenvalue weighted by atomic mass is 16.2. The summed E-state index contributed by atoms with van der Waals surface area (Å²) in [5.41, 5.74) is 4.33. The van der Waals surface area contributed by atoms with Gasteiger partial charge in [0.15, 0.2) is 0 Å². The van der Waals surface area contributed by atoms with E-state index in [4.69, 9.17) is 5.10 Å². The number of benzene rings is 1. The van der Waals surface area contributed by atoms with E-state index in [2.05, 4.69) is 12.2 Å². The largest absolute Gasteiger partial charge is 0.355 e. The molecule has 0 unspecified atom stereocenters. The Labute approximate surface area is 165 Å². The molecular weight excluding hydrogens is 352 g/mol. The Kier molecular flexibility index (Phi) is 5.97. The molecule has 0 spiro atoms. The third-order valence-electron chi connectivity index (χ3n) is 4.99. The molecule has 0 saturated heterocycles. The molecule has 0 bridgehead atoms. The highest BCUT2D eigenvalue weighted by Gasteiger charge is 2.19. The summed E-state index contributed by atoms with van der Waals surface area (Å²) in [5, 5.41) is 8.55. The van der Waals surface area contributed by atoms with Gasteiger partial charge in [-0.05, 0) is 44.4 Å². The van der Waals surface area contributed by atoms with Crippen molar-refractivity contribution in [3.63, 3.8) is 0 Å². The van der Waals surface area contributed by atoms with Crippen LogP contribution in [0, 0.1) is 13.8 Å². The van der Waals surface area contributed by atoms with Crippen molar-refractivity contribution in [2.75, 3.05) is 6.54 Å². The Morgan fingerprint density at radius 3 is 2.50 bits per heavy atom. The van der Waals surface area contributed by atoms with E-state index in [1.807, 2.05) is 45.0 Å². The maximum Gasteiger partial charge on any atom is 0.252 e. The van der Waals surface area contributed by atoms with Crippen LogP contribution in [0.1, 0.15) is 43.5 Å². The van der Waals surface area contributed by atoms with Crippen LogP contribution in [0.15, 0.2) is 35.1 Å². The van der Waals surface area contributed by atoms with E-state index in [1.54, 1.807) is 10.7 Å². The first-order chi connectivity index (χ1) is 13.5. The van der Waals surface area contributed by atoms with E-state index >= 15 is 0 Å². The number of unbranched alkanes of at least 4 members (excludes halogenated alkanes) is 1. The molecule has 28 heavy (non-hydrogen) atoms. The zero-order valence-electron chi connectivity index (χ0n) is 17.1. The molecule has 1 aromatic carbocycles. The number of nitrogens with one attached hydrogen (secondary N) is 1. The third-order valence-corrected chi connectivity index (χ3v) is 4.99. The molecule has 148 valence electrons. The second-order valence-corrected chi connectivity index (χ2v) is 7.18. The number of amides is 1. The van der Waals surface area contributed by atoms with Crippen molar-refractivity contribution in [2.45, 2.75) is 53.5 Å². The van der Waals surface area contributed by atoms with E-state index in [0.29, 0.717) is 12.2 Å². The van der Waals surface area contributed by atoms with Crippen LogP contribution >= 0.6 is 0 Å². The third kappa shape index (κ3) is 3.86. The smallest absolute Gasteiger partial charge is 0.252 e. The van der Waals surface area contributed by atoms with Crippen molar-refractivity contribution in [2.24, 2.45) is 0 Å². The fourth-order valence-corrected chi connectivity index (χ4v) is 3.45. The second kappa shape index (κ2) is 8.42. The molecule has 0 aliphatic carbocycles. The van der Waals surface area contributed by atoms with Gasteiger partial charge in [-0.25, -0.2) is 4.68 Å². The molecule has 0 aliphatic rings. The average molecular weight is 380 g/mol. The summed E-state index contributed by atoms with van der Waals surface area (Å²) < 4.78 is 3.32. The zero-order chi connectivity index (χ0) is 20.3. The van der Waals surface area contributed by atoms with Crippen LogP contribution in [0.4, 0.5) is 0 Å². The molecule has 6 heteroatoms. The number of hydrogen-bond donors (Lipinski definition) is 1. The van der Waals surface area contributed by atoms with E-state index in [9.17, 15) is 9.59 Å². The summed E-state index contributed by atoms with van der Waals surface area (Å²) >= 11 is 0.